The van der Waals surface area contributed by atoms with Crippen molar-refractivity contribution in [3.63, 3.8) is 0 Å². The van der Waals surface area contributed by atoms with Gasteiger partial charge in [-0.25, -0.2) is 0 Å². The fourth-order valence-electron chi connectivity index (χ4n) is 3.49. The molecule has 0 atom stereocenters. The lowest BCUT2D eigenvalue weighted by atomic mass is 9.90. The Morgan fingerprint density at radius 2 is 1.92 bits per heavy atom. The van der Waals surface area contributed by atoms with Gasteiger partial charge in [-0.2, -0.15) is 0 Å². The molecule has 1 amide bonds. The number of likely N-dealkylation sites (tertiary alicyclic amines) is 1. The van der Waals surface area contributed by atoms with Gasteiger partial charge in [-0.1, -0.05) is 49.3 Å². The zero-order chi connectivity index (χ0) is 17.1. The largest absolute Gasteiger partial charge is 0.360 e. The highest BCUT2D eigenvalue weighted by atomic mass is 16.5. The zero-order valence-corrected chi connectivity index (χ0v) is 14.8. The number of hydrogen-bond acceptors (Lipinski definition) is 3. The first kappa shape index (κ1) is 16.7. The molecule has 0 spiro atoms. The summed E-state index contributed by atoms with van der Waals surface area (Å²) in [6.45, 7) is 7.55. The molecular weight excluding hydrogens is 300 g/mol. The SMILES string of the molecule is Cc1noc(C(C)C)c1C(=O)N1CCC(Cc2ccccc2)CC1. The van der Waals surface area contributed by atoms with E-state index >= 15 is 0 Å². The van der Waals surface area contributed by atoms with E-state index in [1.54, 1.807) is 0 Å². The number of benzene rings is 1. The van der Waals surface area contributed by atoms with Crippen LogP contribution in [-0.2, 0) is 6.42 Å². The molecule has 2 heterocycles. The highest BCUT2D eigenvalue weighted by Crippen LogP contribution is 2.27. The number of nitrogens with zero attached hydrogens (tertiary/aromatic N) is 2. The summed E-state index contributed by atoms with van der Waals surface area (Å²) in [5.74, 6) is 1.62. The fourth-order valence-corrected chi connectivity index (χ4v) is 3.49. The van der Waals surface area contributed by atoms with Crippen LogP contribution in [0, 0.1) is 12.8 Å². The molecule has 3 rings (SSSR count). The van der Waals surface area contributed by atoms with Gasteiger partial charge in [0.2, 0.25) is 0 Å². The minimum absolute atomic E-state index is 0.0793. The van der Waals surface area contributed by atoms with E-state index in [1.165, 1.54) is 5.56 Å². The van der Waals surface area contributed by atoms with Crippen LogP contribution >= 0.6 is 0 Å². The molecule has 1 fully saturated rings. The average molecular weight is 326 g/mol. The lowest BCUT2D eigenvalue weighted by Gasteiger charge is -2.32. The molecular formula is C20H26N2O2. The summed E-state index contributed by atoms with van der Waals surface area (Å²) in [6, 6.07) is 10.6. The summed E-state index contributed by atoms with van der Waals surface area (Å²) in [4.78, 5) is 14.9. The predicted octanol–water partition coefficient (Wildman–Crippen LogP) is 4.20. The third kappa shape index (κ3) is 3.53. The van der Waals surface area contributed by atoms with Crippen molar-refractivity contribution in [2.45, 2.75) is 46.0 Å². The fraction of sp³-hybridized carbons (Fsp3) is 0.500. The maximum Gasteiger partial charge on any atom is 0.259 e. The van der Waals surface area contributed by atoms with E-state index in [2.05, 4.69) is 35.5 Å². The second-order valence-corrected chi connectivity index (χ2v) is 7.09. The van der Waals surface area contributed by atoms with Crippen LogP contribution in [0.15, 0.2) is 34.9 Å². The van der Waals surface area contributed by atoms with Gasteiger partial charge < -0.3 is 9.42 Å². The number of carbonyl (C=O) groups is 1. The lowest BCUT2D eigenvalue weighted by molar-refractivity contribution is 0.0687. The van der Waals surface area contributed by atoms with E-state index in [1.807, 2.05) is 25.7 Å². The Morgan fingerprint density at radius 1 is 1.25 bits per heavy atom. The van der Waals surface area contributed by atoms with Crippen LogP contribution in [0.3, 0.4) is 0 Å². The Bertz CT molecular complexity index is 683. The van der Waals surface area contributed by atoms with Crippen molar-refractivity contribution < 1.29 is 9.32 Å². The monoisotopic (exact) mass is 326 g/mol. The third-order valence-electron chi connectivity index (χ3n) is 4.90. The van der Waals surface area contributed by atoms with Crippen molar-refractivity contribution in [2.75, 3.05) is 13.1 Å². The Balaban J connectivity index is 1.62. The Labute approximate surface area is 143 Å². The molecule has 1 aliphatic heterocycles. The molecule has 1 aromatic heterocycles. The Morgan fingerprint density at radius 3 is 2.54 bits per heavy atom. The van der Waals surface area contributed by atoms with Gasteiger partial charge in [0.15, 0.2) is 5.76 Å². The number of carbonyl (C=O) groups excluding carboxylic acids is 1. The number of amides is 1. The highest BCUT2D eigenvalue weighted by Gasteiger charge is 2.29. The quantitative estimate of drug-likeness (QED) is 0.846. The summed E-state index contributed by atoms with van der Waals surface area (Å²) in [7, 11) is 0. The van der Waals surface area contributed by atoms with Crippen LogP contribution in [0.4, 0.5) is 0 Å². The first-order valence-corrected chi connectivity index (χ1v) is 8.85. The van der Waals surface area contributed by atoms with Gasteiger partial charge >= 0.3 is 0 Å². The maximum atomic E-state index is 12.9. The van der Waals surface area contributed by atoms with Crippen LogP contribution in [0.5, 0.6) is 0 Å². The van der Waals surface area contributed by atoms with Gasteiger partial charge in [0.05, 0.1) is 5.69 Å². The summed E-state index contributed by atoms with van der Waals surface area (Å²) in [5, 5.41) is 4.00. The van der Waals surface area contributed by atoms with Crippen LogP contribution < -0.4 is 0 Å². The van der Waals surface area contributed by atoms with E-state index in [9.17, 15) is 4.79 Å². The Kier molecular flexibility index (Phi) is 5.03. The minimum Gasteiger partial charge on any atom is -0.360 e. The van der Waals surface area contributed by atoms with Crippen molar-refractivity contribution in [3.05, 3.63) is 52.9 Å². The second-order valence-electron chi connectivity index (χ2n) is 7.09. The summed E-state index contributed by atoms with van der Waals surface area (Å²) in [6.07, 6.45) is 3.22. The first-order chi connectivity index (χ1) is 11.6. The number of aromatic nitrogens is 1. The lowest BCUT2D eigenvalue weighted by Crippen LogP contribution is -2.39. The molecule has 1 aliphatic rings. The molecule has 0 N–H and O–H groups in total. The molecule has 4 nitrogen and oxygen atoms in total. The maximum absolute atomic E-state index is 12.9. The van der Waals surface area contributed by atoms with Gasteiger partial charge in [-0.15, -0.1) is 0 Å². The van der Waals surface area contributed by atoms with Gasteiger partial charge in [-0.05, 0) is 37.7 Å². The molecule has 0 aliphatic carbocycles. The summed E-state index contributed by atoms with van der Waals surface area (Å²) in [5.41, 5.74) is 2.76. The topological polar surface area (TPSA) is 46.3 Å². The standard InChI is InChI=1S/C20H26N2O2/c1-14(2)19-18(15(3)21-24-19)20(23)22-11-9-17(10-12-22)13-16-7-5-4-6-8-16/h4-8,14,17H,9-13H2,1-3H3. The Hall–Kier alpha value is -2.10. The smallest absolute Gasteiger partial charge is 0.259 e. The molecule has 0 saturated carbocycles. The van der Waals surface area contributed by atoms with Crippen LogP contribution in [0.25, 0.3) is 0 Å². The van der Waals surface area contributed by atoms with E-state index in [0.29, 0.717) is 22.9 Å². The average Bonchev–Trinajstić information content (AvgIpc) is 2.98. The summed E-state index contributed by atoms with van der Waals surface area (Å²) >= 11 is 0. The van der Waals surface area contributed by atoms with Crippen molar-refractivity contribution in [1.82, 2.24) is 10.1 Å². The van der Waals surface area contributed by atoms with E-state index in [0.717, 1.165) is 32.4 Å². The zero-order valence-electron chi connectivity index (χ0n) is 14.8. The molecule has 0 bridgehead atoms. The third-order valence-corrected chi connectivity index (χ3v) is 4.90. The predicted molar refractivity (Wildman–Crippen MR) is 94.1 cm³/mol. The van der Waals surface area contributed by atoms with Gasteiger partial charge in [0.1, 0.15) is 5.56 Å². The van der Waals surface area contributed by atoms with Crippen molar-refractivity contribution in [1.29, 1.82) is 0 Å². The normalized spacial score (nSPS) is 15.9. The van der Waals surface area contributed by atoms with E-state index < -0.39 is 0 Å². The molecule has 0 unspecified atom stereocenters. The molecule has 128 valence electrons. The highest BCUT2D eigenvalue weighted by molar-refractivity contribution is 5.96. The van der Waals surface area contributed by atoms with Crippen molar-refractivity contribution in [3.8, 4) is 0 Å². The van der Waals surface area contributed by atoms with Gasteiger partial charge in [-0.3, -0.25) is 4.79 Å². The molecule has 0 radical (unpaired) electrons. The first-order valence-electron chi connectivity index (χ1n) is 8.85. The van der Waals surface area contributed by atoms with E-state index in [4.69, 9.17) is 4.52 Å². The molecule has 24 heavy (non-hydrogen) atoms. The van der Waals surface area contributed by atoms with Crippen LogP contribution in [0.2, 0.25) is 0 Å². The van der Waals surface area contributed by atoms with Crippen LogP contribution in [0.1, 0.15) is 60.0 Å². The number of rotatable bonds is 4. The summed E-state index contributed by atoms with van der Waals surface area (Å²) < 4.78 is 5.37. The van der Waals surface area contributed by atoms with Crippen molar-refractivity contribution in [2.24, 2.45) is 5.92 Å². The van der Waals surface area contributed by atoms with E-state index in [-0.39, 0.29) is 11.8 Å². The number of piperidine rings is 1. The number of hydrogen-bond donors (Lipinski definition) is 0. The number of aryl methyl sites for hydroxylation is 1. The second kappa shape index (κ2) is 7.20. The van der Waals surface area contributed by atoms with Gasteiger partial charge in [0, 0.05) is 19.0 Å². The molecule has 2 aromatic rings. The van der Waals surface area contributed by atoms with Crippen LogP contribution in [-0.4, -0.2) is 29.1 Å². The molecule has 1 saturated heterocycles. The van der Waals surface area contributed by atoms with Gasteiger partial charge in [0.25, 0.3) is 5.91 Å². The minimum atomic E-state index is 0.0793. The molecule has 1 aromatic carbocycles. The van der Waals surface area contributed by atoms with Crippen molar-refractivity contribution >= 4 is 5.91 Å². The molecule has 4 heteroatoms.